The molecular formula is C11H15ClF2N2. The van der Waals surface area contributed by atoms with Crippen LogP contribution in [0.25, 0.3) is 0 Å². The Balaban J connectivity index is 0.00000128. The van der Waals surface area contributed by atoms with Crippen LogP contribution < -0.4 is 5.32 Å². The number of benzene rings is 1. The van der Waals surface area contributed by atoms with Gasteiger partial charge in [0, 0.05) is 31.2 Å². The van der Waals surface area contributed by atoms with Gasteiger partial charge in [-0.2, -0.15) is 0 Å². The second-order valence-corrected chi connectivity index (χ2v) is 3.93. The lowest BCUT2D eigenvalue weighted by atomic mass is 10.1. The molecule has 1 aromatic carbocycles. The first-order valence-corrected chi connectivity index (χ1v) is 5.02. The predicted octanol–water partition coefficient (Wildman–Crippen LogP) is 1.79. The summed E-state index contributed by atoms with van der Waals surface area (Å²) in [6, 6.07) is 4.37. The van der Waals surface area contributed by atoms with Crippen molar-refractivity contribution in [2.24, 2.45) is 0 Å². The summed E-state index contributed by atoms with van der Waals surface area (Å²) in [4.78, 5) is 1.97. The van der Waals surface area contributed by atoms with Gasteiger partial charge in [-0.15, -0.1) is 12.4 Å². The second-order valence-electron chi connectivity index (χ2n) is 3.93. The summed E-state index contributed by atoms with van der Waals surface area (Å²) in [6.07, 6.45) is 0. The maximum Gasteiger partial charge on any atom is 0.130 e. The van der Waals surface area contributed by atoms with Crippen LogP contribution in [0.1, 0.15) is 5.56 Å². The quantitative estimate of drug-likeness (QED) is 0.878. The summed E-state index contributed by atoms with van der Waals surface area (Å²) < 4.78 is 26.6. The molecule has 16 heavy (non-hydrogen) atoms. The summed E-state index contributed by atoms with van der Waals surface area (Å²) in [5.41, 5.74) is 0.159. The van der Waals surface area contributed by atoms with Gasteiger partial charge in [-0.05, 0) is 19.2 Å². The molecule has 0 aromatic heterocycles. The first-order chi connectivity index (χ1) is 7.18. The number of rotatable bonds is 3. The Morgan fingerprint density at radius 3 is 2.31 bits per heavy atom. The fourth-order valence-electron chi connectivity index (χ4n) is 1.65. The van der Waals surface area contributed by atoms with Crippen LogP contribution >= 0.6 is 12.4 Å². The highest BCUT2D eigenvalue weighted by atomic mass is 35.5. The molecule has 90 valence electrons. The molecule has 1 fully saturated rings. The Kier molecular flexibility index (Phi) is 4.65. The summed E-state index contributed by atoms with van der Waals surface area (Å²) in [5.74, 6) is -0.928. The van der Waals surface area contributed by atoms with Crippen LogP contribution in [-0.4, -0.2) is 31.1 Å². The molecule has 0 unspecified atom stereocenters. The first-order valence-electron chi connectivity index (χ1n) is 5.02. The minimum atomic E-state index is -0.464. The Labute approximate surface area is 100 Å². The number of nitrogens with zero attached hydrogens (tertiary/aromatic N) is 1. The minimum absolute atomic E-state index is 0. The maximum absolute atomic E-state index is 13.3. The monoisotopic (exact) mass is 248 g/mol. The van der Waals surface area contributed by atoms with Gasteiger partial charge in [-0.1, -0.05) is 6.07 Å². The van der Waals surface area contributed by atoms with Gasteiger partial charge in [-0.25, -0.2) is 8.78 Å². The van der Waals surface area contributed by atoms with E-state index in [0.717, 1.165) is 13.1 Å². The highest BCUT2D eigenvalue weighted by molar-refractivity contribution is 5.85. The van der Waals surface area contributed by atoms with Gasteiger partial charge < -0.3 is 5.32 Å². The van der Waals surface area contributed by atoms with Gasteiger partial charge in [0.05, 0.1) is 0 Å². The summed E-state index contributed by atoms with van der Waals surface area (Å²) in [6.45, 7) is 2.12. The van der Waals surface area contributed by atoms with Crippen molar-refractivity contribution in [3.63, 3.8) is 0 Å². The van der Waals surface area contributed by atoms with Crippen molar-refractivity contribution >= 4 is 12.4 Å². The topological polar surface area (TPSA) is 15.3 Å². The van der Waals surface area contributed by atoms with Gasteiger partial charge >= 0.3 is 0 Å². The van der Waals surface area contributed by atoms with Crippen LogP contribution in [0.5, 0.6) is 0 Å². The summed E-state index contributed by atoms with van der Waals surface area (Å²) >= 11 is 0. The fraction of sp³-hybridized carbons (Fsp3) is 0.455. The average molecular weight is 249 g/mol. The third-order valence-electron chi connectivity index (χ3n) is 2.85. The lowest BCUT2D eigenvalue weighted by Gasteiger charge is -2.35. The van der Waals surface area contributed by atoms with Crippen LogP contribution in [0.15, 0.2) is 18.2 Å². The molecule has 1 saturated heterocycles. The summed E-state index contributed by atoms with van der Waals surface area (Å²) in [5, 5.41) is 3.13. The van der Waals surface area contributed by atoms with Gasteiger partial charge in [0.1, 0.15) is 11.6 Å². The van der Waals surface area contributed by atoms with Crippen LogP contribution in [0.2, 0.25) is 0 Å². The lowest BCUT2D eigenvalue weighted by molar-refractivity contribution is 0.169. The van der Waals surface area contributed by atoms with Crippen molar-refractivity contribution in [1.82, 2.24) is 10.2 Å². The molecular weight excluding hydrogens is 234 g/mol. The predicted molar refractivity (Wildman–Crippen MR) is 61.7 cm³/mol. The number of halogens is 3. The Bertz CT molecular complexity index is 336. The largest absolute Gasteiger partial charge is 0.314 e. The number of nitrogens with one attached hydrogen (secondary N) is 1. The van der Waals surface area contributed by atoms with Gasteiger partial charge in [0.2, 0.25) is 0 Å². The molecule has 5 heteroatoms. The Morgan fingerprint density at radius 1 is 1.31 bits per heavy atom. The third-order valence-corrected chi connectivity index (χ3v) is 2.85. The fourth-order valence-corrected chi connectivity index (χ4v) is 1.65. The number of likely N-dealkylation sites (N-methyl/N-ethyl adjacent to an activating group) is 1. The van der Waals surface area contributed by atoms with E-state index in [2.05, 4.69) is 5.32 Å². The van der Waals surface area contributed by atoms with Crippen molar-refractivity contribution in [2.45, 2.75) is 12.6 Å². The molecule has 0 bridgehead atoms. The first kappa shape index (κ1) is 13.4. The highest BCUT2D eigenvalue weighted by Gasteiger charge is 2.23. The standard InChI is InChI=1S/C11H14F2N2.ClH/c1-15(8-5-14-6-8)7-9-10(12)3-2-4-11(9)13;/h2-4,8,14H,5-7H2,1H3;1H. The molecule has 2 nitrogen and oxygen atoms in total. The van der Waals surface area contributed by atoms with Crippen LogP contribution in [-0.2, 0) is 6.54 Å². The van der Waals surface area contributed by atoms with Gasteiger partial charge in [0.25, 0.3) is 0 Å². The zero-order valence-corrected chi connectivity index (χ0v) is 9.86. The molecule has 0 saturated carbocycles. The number of hydrogen-bond acceptors (Lipinski definition) is 2. The molecule has 0 aliphatic carbocycles. The van der Waals surface area contributed by atoms with E-state index in [9.17, 15) is 8.78 Å². The molecule has 1 aromatic rings. The van der Waals surface area contributed by atoms with E-state index in [0.29, 0.717) is 12.6 Å². The molecule has 1 aliphatic heterocycles. The smallest absolute Gasteiger partial charge is 0.130 e. The molecule has 1 aliphatic rings. The van der Waals surface area contributed by atoms with E-state index in [4.69, 9.17) is 0 Å². The molecule has 2 rings (SSSR count). The minimum Gasteiger partial charge on any atom is -0.314 e. The normalized spacial score (nSPS) is 15.8. The van der Waals surface area contributed by atoms with Gasteiger partial charge in [0.15, 0.2) is 0 Å². The van der Waals surface area contributed by atoms with Crippen molar-refractivity contribution in [3.8, 4) is 0 Å². The molecule has 0 amide bonds. The lowest BCUT2D eigenvalue weighted by Crippen LogP contribution is -2.55. The van der Waals surface area contributed by atoms with Crippen LogP contribution in [0.3, 0.4) is 0 Å². The van der Waals surface area contributed by atoms with E-state index >= 15 is 0 Å². The summed E-state index contributed by atoms with van der Waals surface area (Å²) in [7, 11) is 1.89. The molecule has 0 radical (unpaired) electrons. The van der Waals surface area contributed by atoms with Gasteiger partial charge in [-0.3, -0.25) is 4.90 Å². The zero-order valence-electron chi connectivity index (χ0n) is 9.04. The van der Waals surface area contributed by atoms with Crippen molar-refractivity contribution in [1.29, 1.82) is 0 Å². The highest BCUT2D eigenvalue weighted by Crippen LogP contribution is 2.15. The second kappa shape index (κ2) is 5.57. The molecule has 1 N–H and O–H groups in total. The van der Waals surface area contributed by atoms with Crippen molar-refractivity contribution in [2.75, 3.05) is 20.1 Å². The molecule has 1 heterocycles. The molecule has 0 atom stereocenters. The van der Waals surface area contributed by atoms with E-state index in [-0.39, 0.29) is 18.0 Å². The Hall–Kier alpha value is -0.710. The van der Waals surface area contributed by atoms with E-state index in [1.54, 1.807) is 0 Å². The third kappa shape index (κ3) is 2.70. The zero-order chi connectivity index (χ0) is 10.8. The van der Waals surface area contributed by atoms with E-state index in [1.807, 2.05) is 11.9 Å². The maximum atomic E-state index is 13.3. The van der Waals surface area contributed by atoms with E-state index in [1.165, 1.54) is 18.2 Å². The SMILES string of the molecule is CN(Cc1c(F)cccc1F)C1CNC1.Cl. The van der Waals surface area contributed by atoms with Crippen LogP contribution in [0.4, 0.5) is 8.78 Å². The van der Waals surface area contributed by atoms with Crippen molar-refractivity contribution in [3.05, 3.63) is 35.4 Å². The Morgan fingerprint density at radius 2 is 1.88 bits per heavy atom. The van der Waals surface area contributed by atoms with Crippen molar-refractivity contribution < 1.29 is 8.78 Å². The molecule has 0 spiro atoms. The number of hydrogen-bond donors (Lipinski definition) is 1. The van der Waals surface area contributed by atoms with Crippen LogP contribution in [0, 0.1) is 11.6 Å². The van der Waals surface area contributed by atoms with E-state index < -0.39 is 11.6 Å². The average Bonchev–Trinajstić information content (AvgIpc) is 2.08.